The summed E-state index contributed by atoms with van der Waals surface area (Å²) in [6.07, 6.45) is -0.512. The van der Waals surface area contributed by atoms with Gasteiger partial charge in [0.05, 0.1) is 18.7 Å². The Morgan fingerprint density at radius 2 is 1.82 bits per heavy atom. The fraction of sp³-hybridized carbons (Fsp3) is 0.500. The molecule has 0 aromatic rings. The summed E-state index contributed by atoms with van der Waals surface area (Å²) in [6, 6.07) is -1.40. The maximum absolute atomic E-state index is 11.2. The fourth-order valence-corrected chi connectivity index (χ4v) is 0.993. The molecule has 0 aromatic carbocycles. The Labute approximate surface area is 102 Å². The molecule has 0 bridgehead atoms. The van der Waals surface area contributed by atoms with Gasteiger partial charge in [-0.15, -0.1) is 0 Å². The Morgan fingerprint density at radius 1 is 1.24 bits per heavy atom. The normalized spacial score (nSPS) is 11.4. The van der Waals surface area contributed by atoms with Crippen LogP contribution >= 0.6 is 12.6 Å². The molecule has 0 radical (unpaired) electrons. The molecule has 0 saturated heterocycles. The number of carbonyl (C=O) groups excluding carboxylic acids is 3. The SMILES string of the molecule is NC(=O)C[C@H](NC(=O)CNC(=O)CS)C(=O)O. The topological polar surface area (TPSA) is 139 Å². The van der Waals surface area contributed by atoms with Crippen LogP contribution in [0.15, 0.2) is 0 Å². The van der Waals surface area contributed by atoms with Crippen molar-refractivity contribution < 1.29 is 24.3 Å². The molecule has 0 spiro atoms. The highest BCUT2D eigenvalue weighted by atomic mass is 32.1. The molecule has 0 heterocycles. The number of hydrogen-bond donors (Lipinski definition) is 5. The molecule has 0 rings (SSSR count). The minimum Gasteiger partial charge on any atom is -0.480 e. The summed E-state index contributed by atoms with van der Waals surface area (Å²) < 4.78 is 0. The summed E-state index contributed by atoms with van der Waals surface area (Å²) in [5.41, 5.74) is 4.82. The van der Waals surface area contributed by atoms with Crippen molar-refractivity contribution in [3.63, 3.8) is 0 Å². The number of amides is 3. The van der Waals surface area contributed by atoms with E-state index in [2.05, 4.69) is 17.9 Å². The van der Waals surface area contributed by atoms with Crippen LogP contribution in [-0.4, -0.2) is 47.1 Å². The monoisotopic (exact) mass is 263 g/mol. The van der Waals surface area contributed by atoms with Gasteiger partial charge in [0.25, 0.3) is 0 Å². The highest BCUT2D eigenvalue weighted by Crippen LogP contribution is 1.91. The summed E-state index contributed by atoms with van der Waals surface area (Å²) in [5.74, 6) is -3.51. The highest BCUT2D eigenvalue weighted by molar-refractivity contribution is 7.81. The third kappa shape index (κ3) is 7.17. The minimum absolute atomic E-state index is 0.0864. The van der Waals surface area contributed by atoms with E-state index >= 15 is 0 Å². The van der Waals surface area contributed by atoms with Gasteiger partial charge in [0.2, 0.25) is 17.7 Å². The van der Waals surface area contributed by atoms with Gasteiger partial charge in [-0.1, -0.05) is 0 Å². The van der Waals surface area contributed by atoms with Crippen molar-refractivity contribution >= 4 is 36.3 Å². The molecule has 0 saturated carbocycles. The number of aliphatic carboxylic acids is 1. The van der Waals surface area contributed by atoms with Crippen molar-refractivity contribution in [2.45, 2.75) is 12.5 Å². The maximum atomic E-state index is 11.2. The molecule has 0 aliphatic carbocycles. The van der Waals surface area contributed by atoms with Crippen LogP contribution in [-0.2, 0) is 19.2 Å². The Morgan fingerprint density at radius 3 is 2.24 bits per heavy atom. The second kappa shape index (κ2) is 7.49. The number of carboxylic acid groups (broad SMARTS) is 1. The molecule has 0 aliphatic heterocycles. The molecular weight excluding hydrogens is 250 g/mol. The number of nitrogens with two attached hydrogens (primary N) is 1. The molecule has 0 aromatic heterocycles. The largest absolute Gasteiger partial charge is 0.480 e. The minimum atomic E-state index is -1.40. The molecular formula is C8H13N3O5S. The lowest BCUT2D eigenvalue weighted by Crippen LogP contribution is -2.47. The van der Waals surface area contributed by atoms with Crippen molar-refractivity contribution in [3.05, 3.63) is 0 Å². The van der Waals surface area contributed by atoms with E-state index in [0.717, 1.165) is 0 Å². The number of carbonyl (C=O) groups is 4. The molecule has 3 amide bonds. The quantitative estimate of drug-likeness (QED) is 0.322. The average Bonchev–Trinajstić information content (AvgIpc) is 2.24. The van der Waals surface area contributed by atoms with Crippen LogP contribution in [0.3, 0.4) is 0 Å². The molecule has 8 nitrogen and oxygen atoms in total. The summed E-state index contributed by atoms with van der Waals surface area (Å²) in [7, 11) is 0. The third-order valence-corrected chi connectivity index (χ3v) is 1.92. The zero-order valence-corrected chi connectivity index (χ0v) is 9.70. The van der Waals surface area contributed by atoms with Crippen molar-refractivity contribution in [2.24, 2.45) is 5.73 Å². The van der Waals surface area contributed by atoms with E-state index in [9.17, 15) is 19.2 Å². The summed E-state index contributed by atoms with van der Waals surface area (Å²) in [5, 5.41) is 12.9. The summed E-state index contributed by atoms with van der Waals surface area (Å²) in [6.45, 7) is -0.387. The van der Waals surface area contributed by atoms with Crippen molar-refractivity contribution in [2.75, 3.05) is 12.3 Å². The van der Waals surface area contributed by atoms with Crippen LogP contribution in [0.4, 0.5) is 0 Å². The summed E-state index contributed by atoms with van der Waals surface area (Å²) in [4.78, 5) is 43.1. The number of hydrogen-bond acceptors (Lipinski definition) is 5. The van der Waals surface area contributed by atoms with Crippen LogP contribution in [0.5, 0.6) is 0 Å². The lowest BCUT2D eigenvalue weighted by Gasteiger charge is -2.12. The molecule has 0 aliphatic rings. The van der Waals surface area contributed by atoms with Gasteiger partial charge in [-0.2, -0.15) is 12.6 Å². The number of carboxylic acids is 1. The van der Waals surface area contributed by atoms with Gasteiger partial charge in [-0.05, 0) is 0 Å². The van der Waals surface area contributed by atoms with E-state index in [1.54, 1.807) is 0 Å². The van der Waals surface area contributed by atoms with E-state index in [1.165, 1.54) is 0 Å². The van der Waals surface area contributed by atoms with Gasteiger partial charge < -0.3 is 21.5 Å². The molecule has 9 heteroatoms. The Kier molecular flexibility index (Phi) is 6.71. The summed E-state index contributed by atoms with van der Waals surface area (Å²) >= 11 is 3.67. The standard InChI is InChI=1S/C8H13N3O5S/c9-5(12)1-4(8(15)16)11-6(13)2-10-7(14)3-17/h4,17H,1-3H2,(H2,9,12)(H,10,14)(H,11,13)(H,15,16)/t4-/m0/s1. The van der Waals surface area contributed by atoms with E-state index in [-0.39, 0.29) is 12.3 Å². The zero-order valence-electron chi connectivity index (χ0n) is 8.80. The molecule has 1 atom stereocenters. The smallest absolute Gasteiger partial charge is 0.326 e. The second-order valence-corrected chi connectivity index (χ2v) is 3.38. The third-order valence-electron chi connectivity index (χ3n) is 1.63. The van der Waals surface area contributed by atoms with Crippen molar-refractivity contribution in [1.82, 2.24) is 10.6 Å². The van der Waals surface area contributed by atoms with Crippen LogP contribution < -0.4 is 16.4 Å². The average molecular weight is 263 g/mol. The van der Waals surface area contributed by atoms with Gasteiger partial charge in [0, 0.05) is 0 Å². The number of thiol groups is 1. The van der Waals surface area contributed by atoms with Gasteiger partial charge in [0.15, 0.2) is 0 Å². The van der Waals surface area contributed by atoms with Gasteiger partial charge in [0.1, 0.15) is 6.04 Å². The molecule has 17 heavy (non-hydrogen) atoms. The fourth-order valence-electron chi connectivity index (χ4n) is 0.881. The Hall–Kier alpha value is -1.77. The first-order valence-corrected chi connectivity index (χ1v) is 5.18. The highest BCUT2D eigenvalue weighted by Gasteiger charge is 2.21. The first-order valence-electron chi connectivity index (χ1n) is 4.54. The van der Waals surface area contributed by atoms with Gasteiger partial charge in [-0.3, -0.25) is 14.4 Å². The molecule has 96 valence electrons. The van der Waals surface area contributed by atoms with Crippen LogP contribution in [0.2, 0.25) is 0 Å². The van der Waals surface area contributed by atoms with E-state index in [4.69, 9.17) is 10.8 Å². The second-order valence-electron chi connectivity index (χ2n) is 3.06. The van der Waals surface area contributed by atoms with Crippen LogP contribution in [0.25, 0.3) is 0 Å². The Bertz CT molecular complexity index is 333. The Balaban J connectivity index is 4.17. The number of rotatable bonds is 7. The zero-order chi connectivity index (χ0) is 13.4. The lowest BCUT2D eigenvalue weighted by molar-refractivity contribution is -0.143. The molecule has 5 N–H and O–H groups in total. The first-order chi connectivity index (χ1) is 7.86. The van der Waals surface area contributed by atoms with Crippen molar-refractivity contribution in [3.8, 4) is 0 Å². The van der Waals surface area contributed by atoms with Gasteiger partial charge in [-0.25, -0.2) is 4.79 Å². The maximum Gasteiger partial charge on any atom is 0.326 e. The van der Waals surface area contributed by atoms with E-state index < -0.39 is 36.2 Å². The van der Waals surface area contributed by atoms with Crippen molar-refractivity contribution in [1.29, 1.82) is 0 Å². The lowest BCUT2D eigenvalue weighted by atomic mass is 10.2. The van der Waals surface area contributed by atoms with E-state index in [0.29, 0.717) is 0 Å². The first kappa shape index (κ1) is 15.2. The molecule has 0 fully saturated rings. The predicted molar refractivity (Wildman–Crippen MR) is 60.2 cm³/mol. The van der Waals surface area contributed by atoms with E-state index in [1.807, 2.05) is 5.32 Å². The van der Waals surface area contributed by atoms with Gasteiger partial charge >= 0.3 is 5.97 Å². The predicted octanol–water partition coefficient (Wildman–Crippen LogP) is -2.52. The van der Waals surface area contributed by atoms with Crippen LogP contribution in [0, 0.1) is 0 Å². The number of primary amides is 1. The molecule has 0 unspecified atom stereocenters. The van der Waals surface area contributed by atoms with Crippen LogP contribution in [0.1, 0.15) is 6.42 Å². The number of nitrogens with one attached hydrogen (secondary N) is 2.